The van der Waals surface area contributed by atoms with Crippen molar-refractivity contribution in [1.29, 1.82) is 0 Å². The maximum atomic E-state index is 4.28. The quantitative estimate of drug-likeness (QED) is 0.435. The standard InChI is InChI=1S/C17H24N6.HI/c1-12-6-7-14(13(2)9-12)10-19-17(18-3)20-11-16-22-21-15-5-4-8-23(15)16;/h6-7,9H,4-5,8,10-11H2,1-3H3,(H2,18,19,20);1H. The Balaban J connectivity index is 0.00000208. The number of benzene rings is 1. The zero-order valence-electron chi connectivity index (χ0n) is 14.5. The molecule has 24 heavy (non-hydrogen) atoms. The number of guanidine groups is 1. The highest BCUT2D eigenvalue weighted by atomic mass is 127. The van der Waals surface area contributed by atoms with Gasteiger partial charge in [-0.2, -0.15) is 0 Å². The van der Waals surface area contributed by atoms with E-state index in [4.69, 9.17) is 0 Å². The molecule has 1 aromatic heterocycles. The third kappa shape index (κ3) is 4.25. The smallest absolute Gasteiger partial charge is 0.191 e. The maximum absolute atomic E-state index is 4.28. The summed E-state index contributed by atoms with van der Waals surface area (Å²) in [5, 5.41) is 15.2. The largest absolute Gasteiger partial charge is 0.352 e. The van der Waals surface area contributed by atoms with E-state index in [0.717, 1.165) is 43.5 Å². The van der Waals surface area contributed by atoms with E-state index >= 15 is 0 Å². The first-order chi connectivity index (χ1) is 11.2. The monoisotopic (exact) mass is 440 g/mol. The van der Waals surface area contributed by atoms with Gasteiger partial charge in [-0.3, -0.25) is 4.99 Å². The molecule has 130 valence electrons. The minimum absolute atomic E-state index is 0. The molecule has 7 heteroatoms. The minimum Gasteiger partial charge on any atom is -0.352 e. The average Bonchev–Trinajstić information content (AvgIpc) is 3.13. The van der Waals surface area contributed by atoms with Crippen LogP contribution in [0, 0.1) is 13.8 Å². The van der Waals surface area contributed by atoms with Crippen LogP contribution in [-0.2, 0) is 26.1 Å². The average molecular weight is 440 g/mol. The first-order valence-electron chi connectivity index (χ1n) is 8.09. The highest BCUT2D eigenvalue weighted by molar-refractivity contribution is 14.0. The summed E-state index contributed by atoms with van der Waals surface area (Å²) in [5.41, 5.74) is 3.86. The van der Waals surface area contributed by atoms with Gasteiger partial charge in [-0.15, -0.1) is 34.2 Å². The van der Waals surface area contributed by atoms with Gasteiger partial charge in [0.05, 0.1) is 6.54 Å². The predicted octanol–water partition coefficient (Wildman–Crippen LogP) is 2.32. The molecule has 1 aromatic carbocycles. The molecule has 0 atom stereocenters. The number of aryl methyl sites for hydroxylation is 3. The van der Waals surface area contributed by atoms with Crippen molar-refractivity contribution in [2.24, 2.45) is 4.99 Å². The zero-order valence-corrected chi connectivity index (χ0v) is 16.8. The second-order valence-corrected chi connectivity index (χ2v) is 6.00. The summed E-state index contributed by atoms with van der Waals surface area (Å²) in [4.78, 5) is 4.28. The van der Waals surface area contributed by atoms with Crippen LogP contribution in [0.4, 0.5) is 0 Å². The van der Waals surface area contributed by atoms with Crippen LogP contribution in [0.15, 0.2) is 23.2 Å². The molecule has 1 aliphatic rings. The molecule has 0 saturated heterocycles. The Labute approximate surface area is 160 Å². The first-order valence-corrected chi connectivity index (χ1v) is 8.09. The molecule has 0 unspecified atom stereocenters. The van der Waals surface area contributed by atoms with Gasteiger partial charge in [0, 0.05) is 26.6 Å². The fourth-order valence-electron chi connectivity index (χ4n) is 2.95. The summed E-state index contributed by atoms with van der Waals surface area (Å²) < 4.78 is 2.20. The van der Waals surface area contributed by atoms with Crippen molar-refractivity contribution < 1.29 is 0 Å². The highest BCUT2D eigenvalue weighted by Crippen LogP contribution is 2.13. The van der Waals surface area contributed by atoms with Gasteiger partial charge in [0.1, 0.15) is 5.82 Å². The van der Waals surface area contributed by atoms with Crippen molar-refractivity contribution in [1.82, 2.24) is 25.4 Å². The summed E-state index contributed by atoms with van der Waals surface area (Å²) in [6.45, 7) is 6.67. The van der Waals surface area contributed by atoms with Gasteiger partial charge in [0.25, 0.3) is 0 Å². The number of hydrogen-bond acceptors (Lipinski definition) is 3. The van der Waals surface area contributed by atoms with Crippen molar-refractivity contribution in [3.05, 3.63) is 46.5 Å². The van der Waals surface area contributed by atoms with Crippen molar-refractivity contribution in [3.8, 4) is 0 Å². The third-order valence-corrected chi connectivity index (χ3v) is 4.27. The molecule has 6 nitrogen and oxygen atoms in total. The zero-order chi connectivity index (χ0) is 16.2. The fraction of sp³-hybridized carbons (Fsp3) is 0.471. The van der Waals surface area contributed by atoms with Gasteiger partial charge in [-0.05, 0) is 31.4 Å². The Hall–Kier alpha value is -1.64. The molecule has 0 fully saturated rings. The Morgan fingerprint density at radius 2 is 2.00 bits per heavy atom. The molecule has 0 spiro atoms. The number of nitrogens with zero attached hydrogens (tertiary/aromatic N) is 4. The summed E-state index contributed by atoms with van der Waals surface area (Å²) in [6.07, 6.45) is 2.20. The van der Waals surface area contributed by atoms with E-state index in [1.807, 2.05) is 0 Å². The van der Waals surface area contributed by atoms with Crippen molar-refractivity contribution in [2.45, 2.75) is 46.3 Å². The maximum Gasteiger partial charge on any atom is 0.191 e. The molecule has 2 N–H and O–H groups in total. The fourth-order valence-corrected chi connectivity index (χ4v) is 2.95. The molecular weight excluding hydrogens is 415 g/mol. The van der Waals surface area contributed by atoms with Crippen LogP contribution in [0.3, 0.4) is 0 Å². The van der Waals surface area contributed by atoms with E-state index in [1.165, 1.54) is 16.7 Å². The van der Waals surface area contributed by atoms with Gasteiger partial charge in [0.15, 0.2) is 11.8 Å². The molecule has 2 heterocycles. The number of aromatic nitrogens is 3. The number of halogens is 1. The lowest BCUT2D eigenvalue weighted by atomic mass is 10.1. The second kappa shape index (κ2) is 8.46. The van der Waals surface area contributed by atoms with Gasteiger partial charge in [-0.1, -0.05) is 23.8 Å². The van der Waals surface area contributed by atoms with Gasteiger partial charge in [0.2, 0.25) is 0 Å². The number of fused-ring (bicyclic) bond motifs is 1. The van der Waals surface area contributed by atoms with Crippen LogP contribution >= 0.6 is 24.0 Å². The lowest BCUT2D eigenvalue weighted by Crippen LogP contribution is -2.37. The van der Waals surface area contributed by atoms with Crippen LogP contribution in [0.2, 0.25) is 0 Å². The number of nitrogens with one attached hydrogen (secondary N) is 2. The second-order valence-electron chi connectivity index (χ2n) is 6.00. The van der Waals surface area contributed by atoms with E-state index in [0.29, 0.717) is 6.54 Å². The molecule has 3 rings (SSSR count). The van der Waals surface area contributed by atoms with E-state index < -0.39 is 0 Å². The van der Waals surface area contributed by atoms with Gasteiger partial charge in [-0.25, -0.2) is 0 Å². The van der Waals surface area contributed by atoms with E-state index in [2.05, 4.69) is 62.4 Å². The van der Waals surface area contributed by atoms with Crippen molar-refractivity contribution >= 4 is 29.9 Å². The van der Waals surface area contributed by atoms with E-state index in [-0.39, 0.29) is 24.0 Å². The van der Waals surface area contributed by atoms with Gasteiger partial charge >= 0.3 is 0 Å². The Bertz CT molecular complexity index is 722. The summed E-state index contributed by atoms with van der Waals surface area (Å²) in [7, 11) is 1.78. The minimum atomic E-state index is 0. The molecule has 0 radical (unpaired) electrons. The summed E-state index contributed by atoms with van der Waals surface area (Å²) >= 11 is 0. The molecule has 2 aromatic rings. The Kier molecular flexibility index (Phi) is 6.59. The lowest BCUT2D eigenvalue weighted by Gasteiger charge is -2.13. The Morgan fingerprint density at radius 3 is 2.75 bits per heavy atom. The van der Waals surface area contributed by atoms with Crippen molar-refractivity contribution in [3.63, 3.8) is 0 Å². The normalized spacial score (nSPS) is 13.4. The van der Waals surface area contributed by atoms with Gasteiger partial charge < -0.3 is 15.2 Å². The predicted molar refractivity (Wildman–Crippen MR) is 107 cm³/mol. The van der Waals surface area contributed by atoms with Crippen LogP contribution in [0.5, 0.6) is 0 Å². The molecule has 1 aliphatic heterocycles. The third-order valence-electron chi connectivity index (χ3n) is 4.27. The highest BCUT2D eigenvalue weighted by Gasteiger charge is 2.17. The SMILES string of the molecule is CN=C(NCc1ccc(C)cc1C)NCc1nnc2n1CCC2.I. The van der Waals surface area contributed by atoms with Crippen molar-refractivity contribution in [2.75, 3.05) is 7.05 Å². The topological polar surface area (TPSA) is 67.1 Å². The van der Waals surface area contributed by atoms with E-state index in [9.17, 15) is 0 Å². The number of aliphatic imine (C=N–C) groups is 1. The van der Waals surface area contributed by atoms with Crippen LogP contribution in [0.1, 0.15) is 34.8 Å². The van der Waals surface area contributed by atoms with E-state index in [1.54, 1.807) is 7.05 Å². The molecule has 0 amide bonds. The van der Waals surface area contributed by atoms with Crippen LogP contribution in [0.25, 0.3) is 0 Å². The molecule has 0 saturated carbocycles. The molecule has 0 bridgehead atoms. The summed E-state index contributed by atoms with van der Waals surface area (Å²) in [5.74, 6) is 2.85. The number of rotatable bonds is 4. The van der Waals surface area contributed by atoms with Crippen LogP contribution in [-0.4, -0.2) is 27.8 Å². The number of hydrogen-bond donors (Lipinski definition) is 2. The Morgan fingerprint density at radius 1 is 1.21 bits per heavy atom. The first kappa shape index (κ1) is 18.7. The molecular formula is C17H25IN6. The summed E-state index contributed by atoms with van der Waals surface area (Å²) in [6, 6.07) is 6.50. The molecule has 0 aliphatic carbocycles. The van der Waals surface area contributed by atoms with Crippen LogP contribution < -0.4 is 10.6 Å². The lowest BCUT2D eigenvalue weighted by molar-refractivity contribution is 0.662.